The van der Waals surface area contributed by atoms with Crippen molar-refractivity contribution in [1.29, 1.82) is 0 Å². The van der Waals surface area contributed by atoms with Gasteiger partial charge in [-0.25, -0.2) is 18.1 Å². The van der Waals surface area contributed by atoms with E-state index in [9.17, 15) is 8.42 Å². The normalized spacial score (nSPS) is 11.8. The number of hydrogen-bond donors (Lipinski definition) is 1. The summed E-state index contributed by atoms with van der Waals surface area (Å²) >= 11 is 8.67. The molecule has 3 rings (SSSR count). The second-order valence-corrected chi connectivity index (χ2v) is 9.44. The van der Waals surface area contributed by atoms with Crippen molar-refractivity contribution in [2.24, 2.45) is 0 Å². The van der Waals surface area contributed by atoms with Gasteiger partial charge >= 0.3 is 0 Å². The lowest BCUT2D eigenvalue weighted by Gasteiger charge is -2.05. The van der Waals surface area contributed by atoms with Crippen molar-refractivity contribution in [3.05, 3.63) is 58.1 Å². The second kappa shape index (κ2) is 7.33. The lowest BCUT2D eigenvalue weighted by Crippen LogP contribution is -2.22. The molecule has 2 aromatic heterocycles. The largest absolute Gasteiger partial charge is 0.250 e. The number of nitrogens with zero attached hydrogens (tertiary/aromatic N) is 1. The molecule has 1 N–H and O–H groups in total. The smallest absolute Gasteiger partial charge is 0.240 e. The van der Waals surface area contributed by atoms with Crippen molar-refractivity contribution < 1.29 is 8.42 Å². The Morgan fingerprint density at radius 3 is 2.79 bits per heavy atom. The highest BCUT2D eigenvalue weighted by Gasteiger charge is 2.18. The molecule has 0 amide bonds. The van der Waals surface area contributed by atoms with Crippen LogP contribution in [0.1, 0.15) is 18.2 Å². The van der Waals surface area contributed by atoms with Gasteiger partial charge in [-0.3, -0.25) is 0 Å². The van der Waals surface area contributed by atoms with E-state index in [1.54, 1.807) is 30.3 Å². The Labute approximate surface area is 154 Å². The number of nitrogens with one attached hydrogen (secondary N) is 1. The molecule has 0 aliphatic heterocycles. The van der Waals surface area contributed by atoms with Crippen LogP contribution < -0.4 is 4.72 Å². The van der Waals surface area contributed by atoms with Crippen LogP contribution in [0, 0.1) is 0 Å². The fourth-order valence-corrected chi connectivity index (χ4v) is 5.61. The van der Waals surface area contributed by atoms with Crippen molar-refractivity contribution in [2.45, 2.75) is 24.1 Å². The summed E-state index contributed by atoms with van der Waals surface area (Å²) < 4.78 is 27.8. The predicted molar refractivity (Wildman–Crippen MR) is 100 cm³/mol. The van der Waals surface area contributed by atoms with Crippen molar-refractivity contribution in [2.75, 3.05) is 0 Å². The Morgan fingerprint density at radius 2 is 2.08 bits per heavy atom. The Kier molecular flexibility index (Phi) is 5.36. The molecule has 0 saturated heterocycles. The highest BCUT2D eigenvalue weighted by atomic mass is 35.5. The average molecular weight is 399 g/mol. The topological polar surface area (TPSA) is 59.1 Å². The van der Waals surface area contributed by atoms with Gasteiger partial charge in [-0.2, -0.15) is 0 Å². The molecule has 0 aliphatic carbocycles. The van der Waals surface area contributed by atoms with Crippen LogP contribution in [0.15, 0.2) is 46.0 Å². The first kappa shape index (κ1) is 17.6. The summed E-state index contributed by atoms with van der Waals surface area (Å²) in [7, 11) is -3.55. The molecule has 0 spiro atoms. The number of aryl methyl sites for hydroxylation is 1. The van der Waals surface area contributed by atoms with Gasteiger partial charge in [-0.1, -0.05) is 30.7 Å². The Morgan fingerprint density at radius 1 is 1.25 bits per heavy atom. The van der Waals surface area contributed by atoms with E-state index < -0.39 is 10.0 Å². The predicted octanol–water partition coefficient (Wildman–Crippen LogP) is 4.57. The molecule has 1 aromatic carbocycles. The molecule has 0 atom stereocenters. The molecule has 3 aromatic rings. The zero-order valence-corrected chi connectivity index (χ0v) is 16.0. The lowest BCUT2D eigenvalue weighted by molar-refractivity contribution is 0.583. The molecule has 0 radical (unpaired) electrons. The Hall–Kier alpha value is -1.25. The third-order valence-corrected chi connectivity index (χ3v) is 7.60. The quantitative estimate of drug-likeness (QED) is 0.661. The van der Waals surface area contributed by atoms with Crippen molar-refractivity contribution in [3.63, 3.8) is 0 Å². The second-order valence-electron chi connectivity index (χ2n) is 5.07. The van der Waals surface area contributed by atoms with E-state index in [1.807, 2.05) is 18.4 Å². The van der Waals surface area contributed by atoms with Crippen molar-refractivity contribution >= 4 is 44.3 Å². The van der Waals surface area contributed by atoms with Gasteiger partial charge in [-0.15, -0.1) is 22.7 Å². The molecule has 0 bridgehead atoms. The van der Waals surface area contributed by atoms with Gasteiger partial charge in [0.15, 0.2) is 0 Å². The van der Waals surface area contributed by atoms with Crippen LogP contribution >= 0.6 is 34.3 Å². The summed E-state index contributed by atoms with van der Waals surface area (Å²) in [5, 5.41) is 3.44. The Balaban J connectivity index is 1.75. The average Bonchev–Trinajstić information content (AvgIpc) is 3.22. The molecule has 4 nitrogen and oxygen atoms in total. The molecule has 0 aliphatic rings. The van der Waals surface area contributed by atoms with E-state index in [2.05, 4.69) is 9.71 Å². The van der Waals surface area contributed by atoms with E-state index >= 15 is 0 Å². The minimum absolute atomic E-state index is 0.202. The standard InChI is InChI=1S/C16H15ClN2O2S3/c1-2-13-10-22-16(19-13)14-6-7-15(23-14)24(20,21)18-9-11-4-3-5-12(17)8-11/h3-8,10,18H,2,9H2,1H3. The summed E-state index contributed by atoms with van der Waals surface area (Å²) in [5.74, 6) is 0. The molecular weight excluding hydrogens is 384 g/mol. The third-order valence-electron chi connectivity index (χ3n) is 3.33. The van der Waals surface area contributed by atoms with Crippen LogP contribution in [-0.2, 0) is 23.0 Å². The minimum atomic E-state index is -3.55. The van der Waals surface area contributed by atoms with Crippen LogP contribution in [0.3, 0.4) is 0 Å². The molecule has 0 fully saturated rings. The first-order chi connectivity index (χ1) is 11.5. The molecule has 0 unspecified atom stereocenters. The SMILES string of the molecule is CCc1csc(-c2ccc(S(=O)(=O)NCc3cccc(Cl)c3)s2)n1. The van der Waals surface area contributed by atoms with Gasteiger partial charge in [0.1, 0.15) is 9.22 Å². The van der Waals surface area contributed by atoms with E-state index in [0.29, 0.717) is 5.02 Å². The summed E-state index contributed by atoms with van der Waals surface area (Å²) in [5.41, 5.74) is 1.84. The van der Waals surface area contributed by atoms with Gasteiger partial charge in [-0.05, 0) is 36.2 Å². The molecular formula is C16H15ClN2O2S3. The maximum atomic E-state index is 12.4. The first-order valence-electron chi connectivity index (χ1n) is 7.26. The number of sulfonamides is 1. The number of aromatic nitrogens is 1. The number of thiophene rings is 1. The summed E-state index contributed by atoms with van der Waals surface area (Å²) in [6, 6.07) is 10.5. The molecule has 126 valence electrons. The van der Waals surface area contributed by atoms with Gasteiger partial charge in [0.2, 0.25) is 10.0 Å². The van der Waals surface area contributed by atoms with E-state index in [-0.39, 0.29) is 10.8 Å². The van der Waals surface area contributed by atoms with Gasteiger partial charge in [0.25, 0.3) is 0 Å². The van der Waals surface area contributed by atoms with Crippen LogP contribution in [0.2, 0.25) is 5.02 Å². The van der Waals surface area contributed by atoms with Gasteiger partial charge in [0.05, 0.1) is 10.6 Å². The number of rotatable bonds is 6. The number of benzene rings is 1. The number of hydrogen-bond acceptors (Lipinski definition) is 5. The minimum Gasteiger partial charge on any atom is -0.240 e. The first-order valence-corrected chi connectivity index (χ1v) is 10.8. The summed E-state index contributed by atoms with van der Waals surface area (Å²) in [6.45, 7) is 2.25. The van der Waals surface area contributed by atoms with E-state index in [1.165, 1.54) is 22.7 Å². The number of halogens is 1. The zero-order chi connectivity index (χ0) is 17.2. The number of thiazole rings is 1. The van der Waals surface area contributed by atoms with Gasteiger partial charge < -0.3 is 0 Å². The molecule has 8 heteroatoms. The van der Waals surface area contributed by atoms with Crippen LogP contribution in [-0.4, -0.2) is 13.4 Å². The Bertz CT molecular complexity index is 948. The van der Waals surface area contributed by atoms with Gasteiger partial charge in [0, 0.05) is 16.9 Å². The van der Waals surface area contributed by atoms with Crippen molar-refractivity contribution in [1.82, 2.24) is 9.71 Å². The monoisotopic (exact) mass is 398 g/mol. The van der Waals surface area contributed by atoms with E-state index in [0.717, 1.165) is 27.6 Å². The van der Waals surface area contributed by atoms with E-state index in [4.69, 9.17) is 11.6 Å². The van der Waals surface area contributed by atoms with Crippen LogP contribution in [0.25, 0.3) is 9.88 Å². The molecule has 0 saturated carbocycles. The zero-order valence-electron chi connectivity index (χ0n) is 12.8. The highest BCUT2D eigenvalue weighted by molar-refractivity contribution is 7.91. The van der Waals surface area contributed by atoms with Crippen LogP contribution in [0.5, 0.6) is 0 Å². The molecule has 2 heterocycles. The maximum absolute atomic E-state index is 12.4. The third kappa shape index (κ3) is 4.04. The fourth-order valence-electron chi connectivity index (χ4n) is 2.06. The maximum Gasteiger partial charge on any atom is 0.250 e. The fraction of sp³-hybridized carbons (Fsp3) is 0.188. The summed E-state index contributed by atoms with van der Waals surface area (Å²) in [4.78, 5) is 5.36. The highest BCUT2D eigenvalue weighted by Crippen LogP contribution is 2.32. The molecule has 24 heavy (non-hydrogen) atoms. The van der Waals surface area contributed by atoms with Crippen molar-refractivity contribution in [3.8, 4) is 9.88 Å². The van der Waals surface area contributed by atoms with Crippen LogP contribution in [0.4, 0.5) is 0 Å². The lowest BCUT2D eigenvalue weighted by atomic mass is 10.2. The summed E-state index contributed by atoms with van der Waals surface area (Å²) in [6.07, 6.45) is 0.869.